The van der Waals surface area contributed by atoms with E-state index in [2.05, 4.69) is 15.5 Å². The fourth-order valence-electron chi connectivity index (χ4n) is 2.33. The first-order chi connectivity index (χ1) is 12.6. The monoisotopic (exact) mass is 353 g/mol. The maximum Gasteiger partial charge on any atom is 0.251 e. The number of hydrogen-bond acceptors (Lipinski definition) is 6. The highest BCUT2D eigenvalue weighted by Crippen LogP contribution is 2.22. The summed E-state index contributed by atoms with van der Waals surface area (Å²) in [6.45, 7) is 2.13. The highest BCUT2D eigenvalue weighted by atomic mass is 16.5. The van der Waals surface area contributed by atoms with Gasteiger partial charge in [0.2, 0.25) is 11.8 Å². The Kier molecular flexibility index (Phi) is 5.17. The van der Waals surface area contributed by atoms with Crippen molar-refractivity contribution < 1.29 is 18.7 Å². The second-order valence-electron chi connectivity index (χ2n) is 5.65. The van der Waals surface area contributed by atoms with Gasteiger partial charge in [-0.05, 0) is 31.2 Å². The van der Waals surface area contributed by atoms with Crippen molar-refractivity contribution in [1.29, 1.82) is 0 Å². The van der Waals surface area contributed by atoms with Gasteiger partial charge in [-0.25, -0.2) is 0 Å². The van der Waals surface area contributed by atoms with E-state index in [0.29, 0.717) is 28.8 Å². The van der Waals surface area contributed by atoms with Crippen molar-refractivity contribution in [3.63, 3.8) is 0 Å². The summed E-state index contributed by atoms with van der Waals surface area (Å²) in [5, 5.41) is 10.7. The van der Waals surface area contributed by atoms with E-state index in [1.807, 2.05) is 31.2 Å². The maximum atomic E-state index is 12.4. The van der Waals surface area contributed by atoms with Gasteiger partial charge in [0.25, 0.3) is 5.91 Å². The number of aryl methyl sites for hydroxylation is 1. The van der Waals surface area contributed by atoms with Crippen LogP contribution in [0.4, 0.5) is 0 Å². The van der Waals surface area contributed by atoms with Crippen LogP contribution in [-0.4, -0.2) is 30.3 Å². The van der Waals surface area contributed by atoms with Crippen LogP contribution >= 0.6 is 0 Å². The molecule has 7 heteroatoms. The van der Waals surface area contributed by atoms with Gasteiger partial charge in [0.05, 0.1) is 20.8 Å². The molecule has 0 spiro atoms. The van der Waals surface area contributed by atoms with E-state index in [-0.39, 0.29) is 12.5 Å². The van der Waals surface area contributed by atoms with Crippen molar-refractivity contribution in [2.75, 3.05) is 14.2 Å². The van der Waals surface area contributed by atoms with E-state index in [4.69, 9.17) is 13.9 Å². The van der Waals surface area contributed by atoms with Crippen molar-refractivity contribution in [3.8, 4) is 23.0 Å². The van der Waals surface area contributed by atoms with Gasteiger partial charge < -0.3 is 19.2 Å². The Balaban J connectivity index is 1.67. The molecule has 7 nitrogen and oxygen atoms in total. The molecule has 0 unspecified atom stereocenters. The zero-order valence-electron chi connectivity index (χ0n) is 14.8. The molecule has 0 saturated carbocycles. The molecule has 1 N–H and O–H groups in total. The van der Waals surface area contributed by atoms with Crippen LogP contribution in [0.1, 0.15) is 21.8 Å². The highest BCUT2D eigenvalue weighted by molar-refractivity contribution is 5.95. The summed E-state index contributed by atoms with van der Waals surface area (Å²) >= 11 is 0. The van der Waals surface area contributed by atoms with Crippen LogP contribution in [-0.2, 0) is 6.54 Å². The van der Waals surface area contributed by atoms with E-state index in [1.165, 1.54) is 14.2 Å². The molecular formula is C19H19N3O4. The molecule has 1 amide bonds. The van der Waals surface area contributed by atoms with Gasteiger partial charge in [0.15, 0.2) is 0 Å². The Morgan fingerprint density at radius 1 is 1.04 bits per heavy atom. The third-order valence-electron chi connectivity index (χ3n) is 3.78. The zero-order valence-corrected chi connectivity index (χ0v) is 14.8. The van der Waals surface area contributed by atoms with Gasteiger partial charge in [0, 0.05) is 17.2 Å². The summed E-state index contributed by atoms with van der Waals surface area (Å²) in [5.41, 5.74) is 2.40. The largest absolute Gasteiger partial charge is 0.497 e. The second kappa shape index (κ2) is 7.69. The van der Waals surface area contributed by atoms with E-state index in [9.17, 15) is 4.79 Å². The predicted molar refractivity (Wildman–Crippen MR) is 95.2 cm³/mol. The number of nitrogens with one attached hydrogen (secondary N) is 1. The summed E-state index contributed by atoms with van der Waals surface area (Å²) in [5.74, 6) is 1.52. The van der Waals surface area contributed by atoms with Crippen LogP contribution in [0, 0.1) is 6.92 Å². The second-order valence-corrected chi connectivity index (χ2v) is 5.65. The van der Waals surface area contributed by atoms with E-state index < -0.39 is 0 Å². The quantitative estimate of drug-likeness (QED) is 0.733. The minimum absolute atomic E-state index is 0.122. The number of rotatable bonds is 6. The lowest BCUT2D eigenvalue weighted by molar-refractivity contribution is 0.0946. The van der Waals surface area contributed by atoms with Gasteiger partial charge in [-0.2, -0.15) is 0 Å². The molecular weight excluding hydrogens is 334 g/mol. The highest BCUT2D eigenvalue weighted by Gasteiger charge is 2.13. The lowest BCUT2D eigenvalue weighted by Gasteiger charge is -2.08. The molecule has 0 saturated heterocycles. The fourth-order valence-corrected chi connectivity index (χ4v) is 2.33. The number of aromatic nitrogens is 2. The molecule has 0 aliphatic rings. The van der Waals surface area contributed by atoms with Crippen LogP contribution in [0.15, 0.2) is 46.9 Å². The van der Waals surface area contributed by atoms with Gasteiger partial charge in [-0.15, -0.1) is 10.2 Å². The number of methoxy groups -OCH3 is 2. The summed E-state index contributed by atoms with van der Waals surface area (Å²) in [7, 11) is 3.06. The van der Waals surface area contributed by atoms with Crippen molar-refractivity contribution in [2.24, 2.45) is 0 Å². The number of hydrogen-bond donors (Lipinski definition) is 1. The standard InChI is InChI=1S/C19H19N3O4/c1-12-4-6-13(7-5-12)19-22-21-17(26-19)11-20-18(23)14-8-15(24-2)10-16(9-14)25-3/h4-10H,11H2,1-3H3,(H,20,23). The minimum atomic E-state index is -0.294. The summed E-state index contributed by atoms with van der Waals surface area (Å²) in [4.78, 5) is 12.4. The number of amides is 1. The van der Waals surface area contributed by atoms with Crippen LogP contribution in [0.2, 0.25) is 0 Å². The molecule has 2 aromatic carbocycles. The van der Waals surface area contributed by atoms with E-state index >= 15 is 0 Å². The first-order valence-electron chi connectivity index (χ1n) is 7.99. The molecule has 0 radical (unpaired) electrons. The SMILES string of the molecule is COc1cc(OC)cc(C(=O)NCc2nnc(-c3ccc(C)cc3)o2)c1. The minimum Gasteiger partial charge on any atom is -0.497 e. The van der Waals surface area contributed by atoms with Crippen molar-refractivity contribution in [1.82, 2.24) is 15.5 Å². The smallest absolute Gasteiger partial charge is 0.251 e. The third kappa shape index (κ3) is 4.00. The van der Waals surface area contributed by atoms with E-state index in [0.717, 1.165) is 11.1 Å². The van der Waals surface area contributed by atoms with Crippen LogP contribution in [0.25, 0.3) is 11.5 Å². The first kappa shape index (κ1) is 17.5. The maximum absolute atomic E-state index is 12.4. The van der Waals surface area contributed by atoms with Crippen molar-refractivity contribution in [3.05, 3.63) is 59.5 Å². The fraction of sp³-hybridized carbons (Fsp3) is 0.211. The van der Waals surface area contributed by atoms with Gasteiger partial charge in [-0.3, -0.25) is 4.79 Å². The molecule has 0 fully saturated rings. The molecule has 134 valence electrons. The normalized spacial score (nSPS) is 10.4. The van der Waals surface area contributed by atoms with Crippen molar-refractivity contribution in [2.45, 2.75) is 13.5 Å². The van der Waals surface area contributed by atoms with Crippen LogP contribution in [0.3, 0.4) is 0 Å². The molecule has 1 aromatic heterocycles. The average Bonchev–Trinajstić information content (AvgIpc) is 3.15. The summed E-state index contributed by atoms with van der Waals surface area (Å²) < 4.78 is 15.9. The lowest BCUT2D eigenvalue weighted by atomic mass is 10.1. The zero-order chi connectivity index (χ0) is 18.5. The lowest BCUT2D eigenvalue weighted by Crippen LogP contribution is -2.23. The van der Waals surface area contributed by atoms with Gasteiger partial charge >= 0.3 is 0 Å². The Morgan fingerprint density at radius 2 is 1.69 bits per heavy atom. The van der Waals surface area contributed by atoms with Crippen LogP contribution < -0.4 is 14.8 Å². The molecule has 3 aromatic rings. The molecule has 0 atom stereocenters. The Bertz CT molecular complexity index is 881. The average molecular weight is 353 g/mol. The number of ether oxygens (including phenoxy) is 2. The number of carbonyl (C=O) groups excluding carboxylic acids is 1. The third-order valence-corrected chi connectivity index (χ3v) is 3.78. The topological polar surface area (TPSA) is 86.5 Å². The Morgan fingerprint density at radius 3 is 2.31 bits per heavy atom. The Hall–Kier alpha value is -3.35. The van der Waals surface area contributed by atoms with E-state index in [1.54, 1.807) is 18.2 Å². The molecule has 0 aliphatic carbocycles. The first-order valence-corrected chi connectivity index (χ1v) is 7.99. The number of benzene rings is 2. The summed E-state index contributed by atoms with van der Waals surface area (Å²) in [6.07, 6.45) is 0. The van der Waals surface area contributed by atoms with Gasteiger partial charge in [-0.1, -0.05) is 17.7 Å². The Labute approximate surface area is 151 Å². The number of carbonyl (C=O) groups is 1. The van der Waals surface area contributed by atoms with Crippen LogP contribution in [0.5, 0.6) is 11.5 Å². The molecule has 26 heavy (non-hydrogen) atoms. The number of nitrogens with zero attached hydrogens (tertiary/aromatic N) is 2. The summed E-state index contributed by atoms with van der Waals surface area (Å²) in [6, 6.07) is 12.7. The molecule has 0 bridgehead atoms. The van der Waals surface area contributed by atoms with Gasteiger partial charge in [0.1, 0.15) is 11.5 Å². The molecule has 1 heterocycles. The molecule has 3 rings (SSSR count). The van der Waals surface area contributed by atoms with Crippen molar-refractivity contribution >= 4 is 5.91 Å². The predicted octanol–water partition coefficient (Wildman–Crippen LogP) is 2.99. The molecule has 0 aliphatic heterocycles.